The number of nitrogen functional groups attached to an aromatic ring is 1. The van der Waals surface area contributed by atoms with Crippen LogP contribution in [0.1, 0.15) is 6.92 Å². The van der Waals surface area contributed by atoms with Crippen LogP contribution in [0.25, 0.3) is 0 Å². The molecule has 0 aliphatic heterocycles. The second-order valence-electron chi connectivity index (χ2n) is 3.98. The van der Waals surface area contributed by atoms with E-state index < -0.39 is 0 Å². The van der Waals surface area contributed by atoms with Gasteiger partial charge in [0.05, 0.1) is 6.54 Å². The molecule has 0 unspecified atom stereocenters. The number of hydrogen-bond acceptors (Lipinski definition) is 3. The van der Waals surface area contributed by atoms with Crippen molar-refractivity contribution in [3.63, 3.8) is 0 Å². The van der Waals surface area contributed by atoms with Gasteiger partial charge in [0.25, 0.3) is 0 Å². The first-order valence-corrected chi connectivity index (χ1v) is 5.94. The lowest BCUT2D eigenvalue weighted by Gasteiger charge is -2.06. The summed E-state index contributed by atoms with van der Waals surface area (Å²) in [6.07, 6.45) is 3.56. The number of hydrogen-bond donors (Lipinski definition) is 1. The highest BCUT2D eigenvalue weighted by atomic mass is 16.5. The zero-order chi connectivity index (χ0) is 13.0. The minimum atomic E-state index is -0.00148. The van der Waals surface area contributed by atoms with Crippen LogP contribution in [-0.2, 0) is 13.1 Å². The van der Waals surface area contributed by atoms with E-state index in [1.165, 1.54) is 0 Å². The van der Waals surface area contributed by atoms with Crippen molar-refractivity contribution in [3.05, 3.63) is 47.1 Å². The van der Waals surface area contributed by atoms with Crippen LogP contribution in [0.4, 0.5) is 5.69 Å². The van der Waals surface area contributed by atoms with Crippen molar-refractivity contribution in [2.24, 2.45) is 0 Å². The first-order valence-electron chi connectivity index (χ1n) is 5.94. The molecule has 2 aromatic rings. The van der Waals surface area contributed by atoms with Gasteiger partial charge in [-0.05, 0) is 31.2 Å². The van der Waals surface area contributed by atoms with Crippen LogP contribution in [0.15, 0.2) is 41.5 Å². The third kappa shape index (κ3) is 2.74. The topological polar surface area (TPSA) is 62.2 Å². The van der Waals surface area contributed by atoms with Gasteiger partial charge in [-0.2, -0.15) is 0 Å². The van der Waals surface area contributed by atoms with Gasteiger partial charge in [-0.3, -0.25) is 9.13 Å². The number of benzene rings is 1. The fourth-order valence-corrected chi connectivity index (χ4v) is 1.69. The van der Waals surface area contributed by atoms with Crippen molar-refractivity contribution in [3.8, 4) is 5.75 Å². The highest BCUT2D eigenvalue weighted by Gasteiger charge is 2.01. The van der Waals surface area contributed by atoms with E-state index in [4.69, 9.17) is 10.5 Å². The zero-order valence-corrected chi connectivity index (χ0v) is 10.4. The van der Waals surface area contributed by atoms with Crippen LogP contribution in [0.3, 0.4) is 0 Å². The van der Waals surface area contributed by atoms with Crippen molar-refractivity contribution in [2.45, 2.75) is 20.0 Å². The van der Waals surface area contributed by atoms with Gasteiger partial charge in [-0.15, -0.1) is 0 Å². The maximum Gasteiger partial charge on any atom is 0.328 e. The Hall–Kier alpha value is -2.17. The van der Waals surface area contributed by atoms with E-state index >= 15 is 0 Å². The second kappa shape index (κ2) is 5.44. The Bertz CT molecular complexity index is 554. The molecular weight excluding hydrogens is 230 g/mol. The maximum absolute atomic E-state index is 11.7. The van der Waals surface area contributed by atoms with E-state index in [-0.39, 0.29) is 5.69 Å². The molecule has 2 N–H and O–H groups in total. The normalized spacial score (nSPS) is 10.5. The number of anilines is 1. The minimum absolute atomic E-state index is 0.00148. The van der Waals surface area contributed by atoms with Crippen molar-refractivity contribution in [2.75, 3.05) is 12.3 Å². The number of aryl methyl sites for hydroxylation is 1. The summed E-state index contributed by atoms with van der Waals surface area (Å²) in [6, 6.07) is 7.20. The molecule has 0 amide bonds. The summed E-state index contributed by atoms with van der Waals surface area (Å²) in [5.41, 5.74) is 6.29. The molecule has 0 saturated heterocycles. The highest BCUT2D eigenvalue weighted by Crippen LogP contribution is 2.12. The number of nitrogens with zero attached hydrogens (tertiary/aromatic N) is 2. The standard InChI is InChI=1S/C13H17N3O2/c1-2-15-7-8-16(13(15)17)9-10-18-12-5-3-11(14)4-6-12/h3-8H,2,9-10,14H2,1H3. The molecule has 5 nitrogen and oxygen atoms in total. The van der Waals surface area contributed by atoms with Gasteiger partial charge in [-0.25, -0.2) is 4.79 Å². The molecule has 1 aromatic carbocycles. The molecule has 0 aliphatic rings. The van der Waals surface area contributed by atoms with Gasteiger partial charge in [0, 0.05) is 24.6 Å². The monoisotopic (exact) mass is 247 g/mol. The summed E-state index contributed by atoms with van der Waals surface area (Å²) in [6.45, 7) is 3.62. The van der Waals surface area contributed by atoms with Crippen molar-refractivity contribution in [1.82, 2.24) is 9.13 Å². The van der Waals surface area contributed by atoms with Gasteiger partial charge in [-0.1, -0.05) is 0 Å². The number of ether oxygens (including phenoxy) is 1. The van der Waals surface area contributed by atoms with E-state index in [0.29, 0.717) is 25.4 Å². The van der Waals surface area contributed by atoms with Crippen molar-refractivity contribution in [1.29, 1.82) is 0 Å². The molecule has 0 radical (unpaired) electrons. The quantitative estimate of drug-likeness (QED) is 0.811. The second-order valence-corrected chi connectivity index (χ2v) is 3.98. The summed E-state index contributed by atoms with van der Waals surface area (Å²) in [5.74, 6) is 0.757. The molecule has 18 heavy (non-hydrogen) atoms. The Balaban J connectivity index is 1.90. The van der Waals surface area contributed by atoms with Crippen LogP contribution in [-0.4, -0.2) is 15.7 Å². The molecule has 0 aliphatic carbocycles. The molecule has 0 fully saturated rings. The molecule has 0 spiro atoms. The van der Waals surface area contributed by atoms with Gasteiger partial charge in [0.15, 0.2) is 0 Å². The minimum Gasteiger partial charge on any atom is -0.492 e. The zero-order valence-electron chi connectivity index (χ0n) is 10.4. The fourth-order valence-electron chi connectivity index (χ4n) is 1.69. The summed E-state index contributed by atoms with van der Waals surface area (Å²) < 4.78 is 8.83. The smallest absolute Gasteiger partial charge is 0.328 e. The Kier molecular flexibility index (Phi) is 3.72. The molecule has 5 heteroatoms. The lowest BCUT2D eigenvalue weighted by Crippen LogP contribution is -2.25. The molecule has 0 bridgehead atoms. The molecule has 1 aromatic heterocycles. The molecular formula is C13H17N3O2. The third-order valence-electron chi connectivity index (χ3n) is 2.74. The number of nitrogens with two attached hydrogens (primary N) is 1. The van der Waals surface area contributed by atoms with Gasteiger partial charge >= 0.3 is 5.69 Å². The van der Waals surface area contributed by atoms with E-state index in [2.05, 4.69) is 0 Å². The third-order valence-corrected chi connectivity index (χ3v) is 2.74. The van der Waals surface area contributed by atoms with E-state index in [9.17, 15) is 4.79 Å². The fraction of sp³-hybridized carbons (Fsp3) is 0.308. The molecule has 1 heterocycles. The SMILES string of the molecule is CCn1ccn(CCOc2ccc(N)cc2)c1=O. The predicted octanol–water partition coefficient (Wildman–Crippen LogP) is 1.33. The molecule has 0 atom stereocenters. The molecule has 96 valence electrons. The lowest BCUT2D eigenvalue weighted by atomic mass is 10.3. The van der Waals surface area contributed by atoms with Crippen molar-refractivity contribution < 1.29 is 4.74 Å². The van der Waals surface area contributed by atoms with Gasteiger partial charge in [0.2, 0.25) is 0 Å². The summed E-state index contributed by atoms with van der Waals surface area (Å²) >= 11 is 0. The molecule has 2 rings (SSSR count). The number of imidazole rings is 1. The van der Waals surface area contributed by atoms with Gasteiger partial charge in [0.1, 0.15) is 12.4 Å². The van der Waals surface area contributed by atoms with Crippen LogP contribution >= 0.6 is 0 Å². The number of aromatic nitrogens is 2. The van der Waals surface area contributed by atoms with Gasteiger partial charge < -0.3 is 10.5 Å². The van der Waals surface area contributed by atoms with Crippen molar-refractivity contribution >= 4 is 5.69 Å². The first-order chi connectivity index (χ1) is 8.70. The highest BCUT2D eigenvalue weighted by molar-refractivity contribution is 5.41. The van der Waals surface area contributed by atoms with Crippen LogP contribution in [0, 0.1) is 0 Å². The van der Waals surface area contributed by atoms with E-state index in [1.807, 2.05) is 19.1 Å². The molecule has 0 saturated carbocycles. The predicted molar refractivity (Wildman–Crippen MR) is 70.7 cm³/mol. The van der Waals surface area contributed by atoms with Crippen LogP contribution in [0.5, 0.6) is 5.75 Å². The van der Waals surface area contributed by atoms with E-state index in [0.717, 1.165) is 5.75 Å². The number of rotatable bonds is 5. The Labute approximate surface area is 105 Å². The first kappa shape index (κ1) is 12.3. The Morgan fingerprint density at radius 3 is 2.44 bits per heavy atom. The Morgan fingerprint density at radius 2 is 1.83 bits per heavy atom. The summed E-state index contributed by atoms with van der Waals surface area (Å²) in [5, 5.41) is 0. The van der Waals surface area contributed by atoms with Crippen LogP contribution < -0.4 is 16.2 Å². The average Bonchev–Trinajstić information content (AvgIpc) is 2.73. The lowest BCUT2D eigenvalue weighted by molar-refractivity contribution is 0.296. The van der Waals surface area contributed by atoms with Crippen LogP contribution in [0.2, 0.25) is 0 Å². The Morgan fingerprint density at radius 1 is 1.17 bits per heavy atom. The average molecular weight is 247 g/mol. The summed E-state index contributed by atoms with van der Waals surface area (Å²) in [4.78, 5) is 11.7. The summed E-state index contributed by atoms with van der Waals surface area (Å²) in [7, 11) is 0. The van der Waals surface area contributed by atoms with E-state index in [1.54, 1.807) is 33.7 Å². The maximum atomic E-state index is 11.7. The largest absolute Gasteiger partial charge is 0.492 e.